The molecule has 2 atom stereocenters. The monoisotopic (exact) mass is 210 g/mol. The van der Waals surface area contributed by atoms with E-state index < -0.39 is 0 Å². The highest BCUT2D eigenvalue weighted by Gasteiger charge is 2.32. The Kier molecular flexibility index (Phi) is 3.62. The predicted molar refractivity (Wildman–Crippen MR) is 60.6 cm³/mol. The van der Waals surface area contributed by atoms with Crippen LogP contribution in [0.25, 0.3) is 0 Å². The van der Waals surface area contributed by atoms with Gasteiger partial charge in [-0.15, -0.1) is 0 Å². The smallest absolute Gasteiger partial charge is 0.220 e. The van der Waals surface area contributed by atoms with Crippen LogP contribution in [0, 0.1) is 5.92 Å². The second kappa shape index (κ2) is 4.97. The summed E-state index contributed by atoms with van der Waals surface area (Å²) in [6.45, 7) is 3.07. The second-order valence-electron chi connectivity index (χ2n) is 4.94. The number of piperidine rings is 1. The lowest BCUT2D eigenvalue weighted by molar-refractivity contribution is -0.122. The first-order valence-electron chi connectivity index (χ1n) is 6.32. The Morgan fingerprint density at radius 2 is 2.27 bits per heavy atom. The molecule has 0 radical (unpaired) electrons. The molecule has 1 heterocycles. The number of carbonyl (C=O) groups is 1. The summed E-state index contributed by atoms with van der Waals surface area (Å²) >= 11 is 0. The molecule has 86 valence electrons. The maximum Gasteiger partial charge on any atom is 0.220 e. The summed E-state index contributed by atoms with van der Waals surface area (Å²) in [5, 5.41) is 6.66. The van der Waals surface area contributed by atoms with Crippen molar-refractivity contribution in [1.29, 1.82) is 0 Å². The van der Waals surface area contributed by atoms with Crippen LogP contribution in [0.1, 0.15) is 45.4 Å². The number of carbonyl (C=O) groups excluding carboxylic acids is 1. The van der Waals surface area contributed by atoms with E-state index in [1.807, 2.05) is 0 Å². The van der Waals surface area contributed by atoms with Crippen LogP contribution in [0.4, 0.5) is 0 Å². The van der Waals surface area contributed by atoms with Crippen molar-refractivity contribution in [3.8, 4) is 0 Å². The molecular weight excluding hydrogens is 188 g/mol. The molecule has 0 aromatic rings. The second-order valence-corrected chi connectivity index (χ2v) is 4.94. The van der Waals surface area contributed by atoms with Crippen LogP contribution in [-0.4, -0.2) is 24.5 Å². The van der Waals surface area contributed by atoms with E-state index in [0.717, 1.165) is 18.9 Å². The van der Waals surface area contributed by atoms with Gasteiger partial charge >= 0.3 is 0 Å². The van der Waals surface area contributed by atoms with Crippen LogP contribution in [0.2, 0.25) is 0 Å². The summed E-state index contributed by atoms with van der Waals surface area (Å²) in [5.41, 5.74) is 0. The summed E-state index contributed by atoms with van der Waals surface area (Å²) in [5.74, 6) is 1.13. The van der Waals surface area contributed by atoms with E-state index >= 15 is 0 Å². The minimum Gasteiger partial charge on any atom is -0.355 e. The fraction of sp³-hybridized carbons (Fsp3) is 0.917. The van der Waals surface area contributed by atoms with Crippen molar-refractivity contribution in [2.24, 2.45) is 5.92 Å². The highest BCUT2D eigenvalue weighted by molar-refractivity contribution is 5.76. The van der Waals surface area contributed by atoms with Gasteiger partial charge in [-0.2, -0.15) is 0 Å². The Bertz CT molecular complexity index is 216. The van der Waals surface area contributed by atoms with Gasteiger partial charge in [0.15, 0.2) is 0 Å². The van der Waals surface area contributed by atoms with Crippen LogP contribution in [0.15, 0.2) is 0 Å². The molecule has 1 saturated carbocycles. The maximum absolute atomic E-state index is 11.0. The maximum atomic E-state index is 11.0. The Morgan fingerprint density at radius 3 is 2.80 bits per heavy atom. The molecule has 2 unspecified atom stereocenters. The van der Waals surface area contributed by atoms with Gasteiger partial charge in [-0.05, 0) is 31.6 Å². The lowest BCUT2D eigenvalue weighted by Crippen LogP contribution is -2.49. The molecule has 2 rings (SSSR count). The van der Waals surface area contributed by atoms with Crippen molar-refractivity contribution in [3.63, 3.8) is 0 Å². The van der Waals surface area contributed by atoms with Crippen LogP contribution in [0.5, 0.6) is 0 Å². The van der Waals surface area contributed by atoms with Crippen molar-refractivity contribution in [3.05, 3.63) is 0 Å². The van der Waals surface area contributed by atoms with Gasteiger partial charge < -0.3 is 10.6 Å². The van der Waals surface area contributed by atoms with E-state index in [1.165, 1.54) is 25.7 Å². The molecule has 1 aliphatic heterocycles. The van der Waals surface area contributed by atoms with E-state index in [9.17, 15) is 4.79 Å². The van der Waals surface area contributed by atoms with Crippen molar-refractivity contribution in [2.75, 3.05) is 6.54 Å². The molecule has 0 bridgehead atoms. The lowest BCUT2D eigenvalue weighted by atomic mass is 10.0. The highest BCUT2D eigenvalue weighted by atomic mass is 16.1. The molecule has 2 aliphatic rings. The van der Waals surface area contributed by atoms with Gasteiger partial charge in [0.2, 0.25) is 5.91 Å². The minimum atomic E-state index is 0.214. The van der Waals surface area contributed by atoms with Crippen LogP contribution >= 0.6 is 0 Å². The first-order chi connectivity index (χ1) is 7.29. The lowest BCUT2D eigenvalue weighted by Gasteiger charge is -2.28. The molecule has 1 aliphatic carbocycles. The molecule has 1 saturated heterocycles. The number of amides is 1. The number of rotatable bonds is 5. The van der Waals surface area contributed by atoms with Crippen molar-refractivity contribution < 1.29 is 4.79 Å². The zero-order valence-corrected chi connectivity index (χ0v) is 9.59. The Hall–Kier alpha value is -0.570. The molecule has 0 aromatic heterocycles. The van der Waals surface area contributed by atoms with Crippen LogP contribution < -0.4 is 10.6 Å². The van der Waals surface area contributed by atoms with E-state index in [0.29, 0.717) is 18.5 Å². The Labute approximate surface area is 92.0 Å². The van der Waals surface area contributed by atoms with Gasteiger partial charge in [0.25, 0.3) is 0 Å². The molecule has 3 nitrogen and oxygen atoms in total. The summed E-state index contributed by atoms with van der Waals surface area (Å²) in [4.78, 5) is 11.0. The topological polar surface area (TPSA) is 41.1 Å². The molecule has 3 heteroatoms. The molecule has 15 heavy (non-hydrogen) atoms. The summed E-state index contributed by atoms with van der Waals surface area (Å²) in [6, 6.07) is 1.22. The average molecular weight is 210 g/mol. The Balaban J connectivity index is 1.75. The van der Waals surface area contributed by atoms with Crippen molar-refractivity contribution in [1.82, 2.24) is 10.6 Å². The third kappa shape index (κ3) is 3.20. The number of nitrogens with one attached hydrogen (secondary N) is 2. The van der Waals surface area contributed by atoms with E-state index in [1.54, 1.807) is 0 Å². The zero-order chi connectivity index (χ0) is 10.7. The highest BCUT2D eigenvalue weighted by Crippen LogP contribution is 2.34. The third-order valence-corrected chi connectivity index (χ3v) is 3.51. The van der Waals surface area contributed by atoms with Crippen molar-refractivity contribution >= 4 is 5.91 Å². The van der Waals surface area contributed by atoms with Gasteiger partial charge in [-0.1, -0.05) is 13.3 Å². The fourth-order valence-electron chi connectivity index (χ4n) is 2.44. The first-order valence-corrected chi connectivity index (χ1v) is 6.32. The van der Waals surface area contributed by atoms with E-state index in [2.05, 4.69) is 17.6 Å². The molecule has 2 N–H and O–H groups in total. The summed E-state index contributed by atoms with van der Waals surface area (Å²) in [7, 11) is 0. The molecule has 0 spiro atoms. The SMILES string of the molecule is CCCC(NC1CCC(=O)NC1)C1CC1. The van der Waals surface area contributed by atoms with Crippen LogP contribution in [0.3, 0.4) is 0 Å². The normalized spacial score (nSPS) is 28.6. The van der Waals surface area contributed by atoms with Gasteiger partial charge in [0.1, 0.15) is 0 Å². The molecule has 1 amide bonds. The largest absolute Gasteiger partial charge is 0.355 e. The van der Waals surface area contributed by atoms with Crippen LogP contribution in [-0.2, 0) is 4.79 Å². The predicted octanol–water partition coefficient (Wildman–Crippen LogP) is 1.43. The summed E-state index contributed by atoms with van der Waals surface area (Å²) in [6.07, 6.45) is 7.05. The minimum absolute atomic E-state index is 0.214. The molecular formula is C12H22N2O. The van der Waals surface area contributed by atoms with Gasteiger partial charge in [0, 0.05) is 25.0 Å². The first kappa shape index (κ1) is 10.9. The van der Waals surface area contributed by atoms with Crippen molar-refractivity contribution in [2.45, 2.75) is 57.5 Å². The number of hydrogen-bond acceptors (Lipinski definition) is 2. The van der Waals surface area contributed by atoms with Gasteiger partial charge in [-0.3, -0.25) is 4.79 Å². The third-order valence-electron chi connectivity index (χ3n) is 3.51. The van der Waals surface area contributed by atoms with Gasteiger partial charge in [-0.25, -0.2) is 0 Å². The van der Waals surface area contributed by atoms with E-state index in [4.69, 9.17) is 0 Å². The fourth-order valence-corrected chi connectivity index (χ4v) is 2.44. The Morgan fingerprint density at radius 1 is 1.47 bits per heavy atom. The zero-order valence-electron chi connectivity index (χ0n) is 9.59. The quantitative estimate of drug-likeness (QED) is 0.721. The molecule has 2 fully saturated rings. The van der Waals surface area contributed by atoms with Gasteiger partial charge in [0.05, 0.1) is 0 Å². The number of hydrogen-bond donors (Lipinski definition) is 2. The summed E-state index contributed by atoms with van der Waals surface area (Å²) < 4.78 is 0. The standard InChI is InChI=1S/C12H22N2O/c1-2-3-11(9-4-5-9)14-10-6-7-12(15)13-8-10/h9-11,14H,2-8H2,1H3,(H,13,15). The molecule has 0 aromatic carbocycles. The average Bonchev–Trinajstić information content (AvgIpc) is 3.04. The van der Waals surface area contributed by atoms with E-state index in [-0.39, 0.29) is 5.91 Å².